The summed E-state index contributed by atoms with van der Waals surface area (Å²) in [6.07, 6.45) is 0.200. The first-order valence-electron chi connectivity index (χ1n) is 10.2. The van der Waals surface area contributed by atoms with E-state index in [-0.39, 0.29) is 23.3 Å². The zero-order valence-corrected chi connectivity index (χ0v) is 19.0. The SMILES string of the molecule is O=S(=O)(Cc1ccccc1)NCC[C@@H]1CC[C@@H](NS(=O)(=O)c2ccc(F)cc2)[C@@H](CO)O1. The number of sulfonamides is 2. The van der Waals surface area contributed by atoms with Gasteiger partial charge in [0.1, 0.15) is 5.82 Å². The predicted molar refractivity (Wildman–Crippen MR) is 117 cm³/mol. The number of aliphatic hydroxyl groups excluding tert-OH is 1. The second kappa shape index (κ2) is 10.8. The summed E-state index contributed by atoms with van der Waals surface area (Å²) in [6, 6.07) is 12.6. The maximum absolute atomic E-state index is 13.1. The fraction of sp³-hybridized carbons (Fsp3) is 0.429. The van der Waals surface area contributed by atoms with Crippen molar-refractivity contribution in [2.45, 2.75) is 48.2 Å². The summed E-state index contributed by atoms with van der Waals surface area (Å²) in [4.78, 5) is -0.0782. The Morgan fingerprint density at radius 3 is 2.34 bits per heavy atom. The Labute approximate surface area is 187 Å². The lowest BCUT2D eigenvalue weighted by atomic mass is 9.98. The molecule has 2 aromatic rings. The Balaban J connectivity index is 1.50. The first-order chi connectivity index (χ1) is 15.2. The maximum Gasteiger partial charge on any atom is 0.240 e. The molecule has 0 saturated carbocycles. The Bertz CT molecular complexity index is 1080. The average molecular weight is 487 g/mol. The molecule has 32 heavy (non-hydrogen) atoms. The van der Waals surface area contributed by atoms with Gasteiger partial charge >= 0.3 is 0 Å². The van der Waals surface area contributed by atoms with Crippen molar-refractivity contribution in [2.75, 3.05) is 13.2 Å². The monoisotopic (exact) mass is 486 g/mol. The number of hydrogen-bond donors (Lipinski definition) is 3. The van der Waals surface area contributed by atoms with Gasteiger partial charge in [-0.25, -0.2) is 30.7 Å². The molecule has 1 aliphatic heterocycles. The molecule has 0 aliphatic carbocycles. The molecule has 1 heterocycles. The highest BCUT2D eigenvalue weighted by Gasteiger charge is 2.34. The van der Waals surface area contributed by atoms with Crippen LogP contribution in [0.1, 0.15) is 24.8 Å². The summed E-state index contributed by atoms with van der Waals surface area (Å²) in [5.74, 6) is -0.660. The summed E-state index contributed by atoms with van der Waals surface area (Å²) >= 11 is 0. The standard InChI is InChI=1S/C21H27FN2O6S2/c22-17-6-9-19(10-7-17)32(28,29)24-20-11-8-18(30-21(20)14-25)12-13-23-31(26,27)15-16-4-2-1-3-5-16/h1-7,9-10,18,20-21,23-25H,8,11-15H2/t18-,20+,21+/m0/s1. The van der Waals surface area contributed by atoms with E-state index in [9.17, 15) is 26.3 Å². The average Bonchev–Trinajstić information content (AvgIpc) is 2.75. The Kier molecular flexibility index (Phi) is 8.37. The van der Waals surface area contributed by atoms with Gasteiger partial charge in [-0.1, -0.05) is 30.3 Å². The van der Waals surface area contributed by atoms with Crippen molar-refractivity contribution in [3.05, 3.63) is 66.0 Å². The molecule has 3 rings (SSSR count). The first-order valence-corrected chi connectivity index (χ1v) is 13.4. The van der Waals surface area contributed by atoms with E-state index >= 15 is 0 Å². The van der Waals surface area contributed by atoms with Crippen LogP contribution in [0.3, 0.4) is 0 Å². The molecule has 3 N–H and O–H groups in total. The molecular weight excluding hydrogens is 459 g/mol. The normalized spacial score (nSPS) is 22.0. The van der Waals surface area contributed by atoms with Crippen molar-refractivity contribution >= 4 is 20.0 Å². The van der Waals surface area contributed by atoms with Crippen molar-refractivity contribution < 1.29 is 31.1 Å². The molecule has 1 fully saturated rings. The quantitative estimate of drug-likeness (QED) is 0.468. The summed E-state index contributed by atoms with van der Waals surface area (Å²) in [5, 5.41) is 9.68. The highest BCUT2D eigenvalue weighted by molar-refractivity contribution is 7.89. The van der Waals surface area contributed by atoms with Crippen LogP contribution >= 0.6 is 0 Å². The van der Waals surface area contributed by atoms with Gasteiger partial charge in [-0.2, -0.15) is 0 Å². The van der Waals surface area contributed by atoms with Gasteiger partial charge in [0, 0.05) is 6.54 Å². The van der Waals surface area contributed by atoms with E-state index in [0.717, 1.165) is 12.1 Å². The Morgan fingerprint density at radius 2 is 1.69 bits per heavy atom. The zero-order valence-electron chi connectivity index (χ0n) is 17.4. The molecule has 11 heteroatoms. The van der Waals surface area contributed by atoms with E-state index in [1.54, 1.807) is 24.3 Å². The molecule has 2 aromatic carbocycles. The van der Waals surface area contributed by atoms with Gasteiger partial charge in [-0.15, -0.1) is 0 Å². The molecule has 3 atom stereocenters. The van der Waals surface area contributed by atoms with Gasteiger partial charge in [-0.05, 0) is 49.1 Å². The van der Waals surface area contributed by atoms with Gasteiger partial charge in [-0.3, -0.25) is 0 Å². The number of benzene rings is 2. The molecule has 0 bridgehead atoms. The zero-order chi connectivity index (χ0) is 23.2. The molecule has 176 valence electrons. The third kappa shape index (κ3) is 7.06. The van der Waals surface area contributed by atoms with Crippen LogP contribution in [0.15, 0.2) is 59.5 Å². The lowest BCUT2D eigenvalue weighted by Crippen LogP contribution is -2.51. The third-order valence-corrected chi connectivity index (χ3v) is 8.08. The van der Waals surface area contributed by atoms with E-state index < -0.39 is 44.6 Å². The fourth-order valence-electron chi connectivity index (χ4n) is 3.58. The number of rotatable bonds is 10. The van der Waals surface area contributed by atoms with E-state index in [1.165, 1.54) is 12.1 Å². The molecule has 0 unspecified atom stereocenters. The fourth-order valence-corrected chi connectivity index (χ4v) is 6.04. The number of aliphatic hydroxyl groups is 1. The summed E-state index contributed by atoms with van der Waals surface area (Å²) in [5.41, 5.74) is 0.686. The van der Waals surface area contributed by atoms with Crippen molar-refractivity contribution in [3.63, 3.8) is 0 Å². The van der Waals surface area contributed by atoms with Gasteiger partial charge < -0.3 is 9.84 Å². The minimum absolute atomic E-state index is 0.0782. The van der Waals surface area contributed by atoms with E-state index in [1.807, 2.05) is 6.07 Å². The number of ether oxygens (including phenoxy) is 1. The summed E-state index contributed by atoms with van der Waals surface area (Å²) < 4.78 is 73.5. The molecule has 0 spiro atoms. The smallest absolute Gasteiger partial charge is 0.240 e. The van der Waals surface area contributed by atoms with Gasteiger partial charge in [0.2, 0.25) is 20.0 Å². The number of nitrogens with one attached hydrogen (secondary N) is 2. The van der Waals surface area contributed by atoms with Gasteiger partial charge in [0.15, 0.2) is 0 Å². The maximum atomic E-state index is 13.1. The van der Waals surface area contributed by atoms with E-state index in [4.69, 9.17) is 4.74 Å². The van der Waals surface area contributed by atoms with Gasteiger partial charge in [0.25, 0.3) is 0 Å². The van der Waals surface area contributed by atoms with Crippen LogP contribution in [-0.2, 0) is 30.5 Å². The van der Waals surface area contributed by atoms with Crippen LogP contribution in [0.5, 0.6) is 0 Å². The van der Waals surface area contributed by atoms with Crippen LogP contribution in [0.4, 0.5) is 4.39 Å². The second-order valence-corrected chi connectivity index (χ2v) is 11.2. The molecule has 0 aromatic heterocycles. The molecule has 1 saturated heterocycles. The Morgan fingerprint density at radius 1 is 1.00 bits per heavy atom. The highest BCUT2D eigenvalue weighted by atomic mass is 32.2. The first kappa shape index (κ1) is 24.7. The van der Waals surface area contributed by atoms with Crippen molar-refractivity contribution in [1.82, 2.24) is 9.44 Å². The number of halogens is 1. The van der Waals surface area contributed by atoms with Crippen molar-refractivity contribution in [3.8, 4) is 0 Å². The topological polar surface area (TPSA) is 122 Å². The minimum atomic E-state index is -3.90. The predicted octanol–water partition coefficient (Wildman–Crippen LogP) is 1.52. The third-order valence-electron chi connectivity index (χ3n) is 5.21. The number of hydrogen-bond acceptors (Lipinski definition) is 6. The molecule has 8 nitrogen and oxygen atoms in total. The molecule has 0 radical (unpaired) electrons. The van der Waals surface area contributed by atoms with Gasteiger partial charge in [0.05, 0.1) is 35.5 Å². The second-order valence-electron chi connectivity index (χ2n) is 7.67. The summed E-state index contributed by atoms with van der Waals surface area (Å²) in [6.45, 7) is -0.225. The van der Waals surface area contributed by atoms with Crippen molar-refractivity contribution in [1.29, 1.82) is 0 Å². The largest absolute Gasteiger partial charge is 0.394 e. The molecule has 0 amide bonds. The molecular formula is C21H27FN2O6S2. The van der Waals surface area contributed by atoms with Crippen LogP contribution in [0.2, 0.25) is 0 Å². The van der Waals surface area contributed by atoms with Crippen molar-refractivity contribution in [2.24, 2.45) is 0 Å². The van der Waals surface area contributed by atoms with Crippen LogP contribution in [0, 0.1) is 5.82 Å². The highest BCUT2D eigenvalue weighted by Crippen LogP contribution is 2.23. The minimum Gasteiger partial charge on any atom is -0.394 e. The van der Waals surface area contributed by atoms with Crippen LogP contribution in [-0.4, -0.2) is 53.3 Å². The van der Waals surface area contributed by atoms with Crippen LogP contribution < -0.4 is 9.44 Å². The summed E-state index contributed by atoms with van der Waals surface area (Å²) in [7, 11) is -7.40. The lowest BCUT2D eigenvalue weighted by Gasteiger charge is -2.36. The lowest BCUT2D eigenvalue weighted by molar-refractivity contribution is -0.0869. The van der Waals surface area contributed by atoms with E-state index in [0.29, 0.717) is 24.8 Å². The van der Waals surface area contributed by atoms with E-state index in [2.05, 4.69) is 9.44 Å². The Hall–Kier alpha value is -1.89. The molecule has 1 aliphatic rings. The van der Waals surface area contributed by atoms with Crippen LogP contribution in [0.25, 0.3) is 0 Å².